The summed E-state index contributed by atoms with van der Waals surface area (Å²) in [5.41, 5.74) is 9.58. The second-order valence-corrected chi connectivity index (χ2v) is 8.65. The number of nitro benzene ring substituents is 1. The molecule has 212 valence electrons. The van der Waals surface area contributed by atoms with Gasteiger partial charge in [-0.2, -0.15) is 9.78 Å². The first kappa shape index (κ1) is 28.5. The molecular weight excluding hydrogens is 536 g/mol. The zero-order chi connectivity index (χ0) is 29.5. The molecule has 4 aromatic rings. The third-order valence-corrected chi connectivity index (χ3v) is 6.00. The third-order valence-electron chi connectivity index (χ3n) is 6.00. The van der Waals surface area contributed by atoms with Gasteiger partial charge in [0.2, 0.25) is 11.6 Å². The molecule has 0 atom stereocenters. The standard InChI is InChI=1S/C25H26N10O6/c1-4-33(5-2)14-19-21(34(32-28-19)23-22(26)30-41-31-23)24(36)29-27-13-16-7-6-8-18(12-16)40-25(37)17-9-10-20(35(38)39)15(3)11-17/h6-13H,4-5,14H2,1-3H3,(H2,26,30)(H,29,36)/b27-13+. The van der Waals surface area contributed by atoms with Crippen LogP contribution in [0.4, 0.5) is 11.5 Å². The van der Waals surface area contributed by atoms with E-state index in [9.17, 15) is 19.7 Å². The number of nitrogen functional groups attached to an aromatic ring is 1. The Hall–Kier alpha value is -5.51. The van der Waals surface area contributed by atoms with Gasteiger partial charge in [-0.15, -0.1) is 5.10 Å². The van der Waals surface area contributed by atoms with Crippen molar-refractivity contribution in [2.24, 2.45) is 5.10 Å². The van der Waals surface area contributed by atoms with Crippen molar-refractivity contribution in [3.63, 3.8) is 0 Å². The molecule has 0 aliphatic carbocycles. The number of benzene rings is 2. The SMILES string of the molecule is CCN(CC)Cc1nnn(-c2nonc2N)c1C(=O)N/N=C/c1cccc(OC(=O)c2ccc([N+](=O)[O-])c(C)c2)c1. The highest BCUT2D eigenvalue weighted by Gasteiger charge is 2.26. The molecule has 0 radical (unpaired) electrons. The molecule has 0 aliphatic rings. The Bertz CT molecular complexity index is 1610. The summed E-state index contributed by atoms with van der Waals surface area (Å²) < 4.78 is 11.2. The van der Waals surface area contributed by atoms with Crippen LogP contribution >= 0.6 is 0 Å². The number of nitro groups is 1. The molecule has 0 saturated heterocycles. The summed E-state index contributed by atoms with van der Waals surface area (Å²) >= 11 is 0. The maximum absolute atomic E-state index is 13.2. The second-order valence-electron chi connectivity index (χ2n) is 8.65. The van der Waals surface area contributed by atoms with Crippen LogP contribution in [0.5, 0.6) is 5.75 Å². The van der Waals surface area contributed by atoms with Crippen molar-refractivity contribution in [3.8, 4) is 11.6 Å². The fourth-order valence-electron chi connectivity index (χ4n) is 3.82. The molecular formula is C25H26N10O6. The lowest BCUT2D eigenvalue weighted by molar-refractivity contribution is -0.385. The van der Waals surface area contributed by atoms with Crippen LogP contribution in [0.25, 0.3) is 5.82 Å². The van der Waals surface area contributed by atoms with E-state index in [0.29, 0.717) is 23.4 Å². The molecule has 2 aromatic carbocycles. The molecule has 1 amide bonds. The number of hydrazone groups is 1. The molecule has 0 spiro atoms. The van der Waals surface area contributed by atoms with Crippen molar-refractivity contribution < 1.29 is 23.9 Å². The maximum atomic E-state index is 13.2. The van der Waals surface area contributed by atoms with E-state index in [1.807, 2.05) is 18.7 Å². The quantitative estimate of drug-likeness (QED) is 0.0886. The van der Waals surface area contributed by atoms with Gasteiger partial charge in [-0.05, 0) is 60.2 Å². The van der Waals surface area contributed by atoms with Crippen LogP contribution in [0.2, 0.25) is 0 Å². The van der Waals surface area contributed by atoms with Gasteiger partial charge >= 0.3 is 5.97 Å². The van der Waals surface area contributed by atoms with Crippen LogP contribution in [0.15, 0.2) is 52.2 Å². The number of nitrogens with one attached hydrogen (secondary N) is 1. The normalized spacial score (nSPS) is 11.2. The van der Waals surface area contributed by atoms with Gasteiger partial charge in [-0.1, -0.05) is 31.2 Å². The van der Waals surface area contributed by atoms with Gasteiger partial charge in [0, 0.05) is 18.2 Å². The minimum Gasteiger partial charge on any atom is -0.423 e. The summed E-state index contributed by atoms with van der Waals surface area (Å²) in [6.07, 6.45) is 1.36. The number of nitrogens with two attached hydrogens (primary N) is 1. The summed E-state index contributed by atoms with van der Waals surface area (Å²) in [5, 5.41) is 30.4. The topological polar surface area (TPSA) is 210 Å². The van der Waals surface area contributed by atoms with Gasteiger partial charge in [-0.25, -0.2) is 14.8 Å². The Morgan fingerprint density at radius 3 is 2.66 bits per heavy atom. The molecule has 2 aromatic heterocycles. The minimum atomic E-state index is -0.687. The predicted octanol–water partition coefficient (Wildman–Crippen LogP) is 2.27. The number of carbonyl (C=O) groups is 2. The van der Waals surface area contributed by atoms with E-state index >= 15 is 0 Å². The van der Waals surface area contributed by atoms with Gasteiger partial charge in [0.15, 0.2) is 5.69 Å². The van der Waals surface area contributed by atoms with Gasteiger partial charge in [0.05, 0.1) is 16.7 Å². The molecule has 4 rings (SSSR count). The predicted molar refractivity (Wildman–Crippen MR) is 145 cm³/mol. The van der Waals surface area contributed by atoms with Crippen molar-refractivity contribution in [2.75, 3.05) is 18.8 Å². The molecule has 16 heteroatoms. The summed E-state index contributed by atoms with van der Waals surface area (Å²) in [6.45, 7) is 7.29. The highest BCUT2D eigenvalue weighted by Crippen LogP contribution is 2.21. The number of aryl methyl sites for hydroxylation is 1. The van der Waals surface area contributed by atoms with Gasteiger partial charge in [-0.3, -0.25) is 19.8 Å². The number of rotatable bonds is 11. The maximum Gasteiger partial charge on any atom is 0.343 e. The van der Waals surface area contributed by atoms with Gasteiger partial charge in [0.1, 0.15) is 11.4 Å². The van der Waals surface area contributed by atoms with Gasteiger partial charge in [0.25, 0.3) is 11.6 Å². The van der Waals surface area contributed by atoms with Crippen LogP contribution < -0.4 is 15.9 Å². The zero-order valence-electron chi connectivity index (χ0n) is 22.3. The van der Waals surface area contributed by atoms with E-state index in [-0.39, 0.29) is 34.3 Å². The lowest BCUT2D eigenvalue weighted by atomic mass is 10.1. The molecule has 0 unspecified atom stereocenters. The molecule has 0 saturated carbocycles. The first-order chi connectivity index (χ1) is 19.7. The van der Waals surface area contributed by atoms with E-state index in [1.165, 1.54) is 37.4 Å². The minimum absolute atomic E-state index is 0.00941. The lowest BCUT2D eigenvalue weighted by Crippen LogP contribution is -2.27. The van der Waals surface area contributed by atoms with Crippen LogP contribution in [0, 0.1) is 17.0 Å². The number of carbonyl (C=O) groups excluding carboxylic acids is 2. The zero-order valence-corrected chi connectivity index (χ0v) is 22.3. The largest absolute Gasteiger partial charge is 0.423 e. The second kappa shape index (κ2) is 12.6. The van der Waals surface area contributed by atoms with Crippen LogP contribution in [-0.4, -0.2) is 66.3 Å². The Morgan fingerprint density at radius 2 is 2.00 bits per heavy atom. The number of ether oxygens (including phenoxy) is 1. The number of aromatic nitrogens is 5. The number of nitrogens with zero attached hydrogens (tertiary/aromatic N) is 8. The Balaban J connectivity index is 1.49. The van der Waals surface area contributed by atoms with E-state index in [0.717, 1.165) is 17.8 Å². The number of esters is 1. The molecule has 2 heterocycles. The van der Waals surface area contributed by atoms with Crippen LogP contribution in [0.1, 0.15) is 51.5 Å². The number of amides is 1. The summed E-state index contributed by atoms with van der Waals surface area (Å²) in [6, 6.07) is 10.4. The first-order valence-corrected chi connectivity index (χ1v) is 12.4. The van der Waals surface area contributed by atoms with Crippen molar-refractivity contribution in [1.29, 1.82) is 0 Å². The Labute approximate surface area is 232 Å². The van der Waals surface area contributed by atoms with E-state index in [1.54, 1.807) is 18.2 Å². The van der Waals surface area contributed by atoms with Crippen LogP contribution in [-0.2, 0) is 6.54 Å². The smallest absolute Gasteiger partial charge is 0.343 e. The molecule has 16 nitrogen and oxygen atoms in total. The van der Waals surface area contributed by atoms with Crippen molar-refractivity contribution in [3.05, 3.63) is 80.7 Å². The molecule has 0 aliphatic heterocycles. The van der Waals surface area contributed by atoms with Crippen molar-refractivity contribution in [2.45, 2.75) is 27.3 Å². The summed E-state index contributed by atoms with van der Waals surface area (Å²) in [4.78, 5) is 38.3. The monoisotopic (exact) mass is 562 g/mol. The van der Waals surface area contributed by atoms with Crippen molar-refractivity contribution in [1.82, 2.24) is 35.6 Å². The summed E-state index contributed by atoms with van der Waals surface area (Å²) in [5.74, 6) is -1.17. The highest BCUT2D eigenvalue weighted by atomic mass is 16.6. The molecule has 41 heavy (non-hydrogen) atoms. The number of hydrogen-bond donors (Lipinski definition) is 2. The molecule has 0 bridgehead atoms. The number of hydrogen-bond acceptors (Lipinski definition) is 13. The molecule has 3 N–H and O–H groups in total. The Kier molecular flexibility index (Phi) is 8.73. The average molecular weight is 563 g/mol. The first-order valence-electron chi connectivity index (χ1n) is 12.4. The fourth-order valence-corrected chi connectivity index (χ4v) is 3.82. The highest BCUT2D eigenvalue weighted by molar-refractivity contribution is 5.95. The van der Waals surface area contributed by atoms with E-state index in [2.05, 4.69) is 35.8 Å². The van der Waals surface area contributed by atoms with Gasteiger partial charge < -0.3 is 10.5 Å². The summed E-state index contributed by atoms with van der Waals surface area (Å²) in [7, 11) is 0. The molecule has 0 fully saturated rings. The van der Waals surface area contributed by atoms with E-state index in [4.69, 9.17) is 10.5 Å². The van der Waals surface area contributed by atoms with Crippen LogP contribution in [0.3, 0.4) is 0 Å². The Morgan fingerprint density at radius 1 is 1.22 bits per heavy atom. The van der Waals surface area contributed by atoms with E-state index < -0.39 is 16.8 Å². The average Bonchev–Trinajstić information content (AvgIpc) is 3.56. The fraction of sp³-hybridized carbons (Fsp3) is 0.240. The lowest BCUT2D eigenvalue weighted by Gasteiger charge is -2.16. The van der Waals surface area contributed by atoms with Crippen molar-refractivity contribution >= 4 is 29.6 Å². The number of anilines is 1. The third kappa shape index (κ3) is 6.56.